The van der Waals surface area contributed by atoms with Crippen LogP contribution in [-0.2, 0) is 13.5 Å². The van der Waals surface area contributed by atoms with Crippen LogP contribution < -0.4 is 4.57 Å². The van der Waals surface area contributed by atoms with E-state index in [1.165, 1.54) is 70.1 Å². The van der Waals surface area contributed by atoms with E-state index in [1.54, 1.807) is 0 Å². The maximum atomic E-state index is 9.67. The van der Waals surface area contributed by atoms with Crippen molar-refractivity contribution in [2.24, 2.45) is 12.5 Å². The van der Waals surface area contributed by atoms with E-state index in [-0.39, 0.29) is 0 Å². The van der Waals surface area contributed by atoms with Gasteiger partial charge >= 0.3 is 0 Å². The molecule has 0 spiro atoms. The first kappa shape index (κ1) is 21.2. The molecule has 0 saturated heterocycles. The third kappa shape index (κ3) is 2.92. The lowest BCUT2D eigenvalue weighted by atomic mass is 9.84. The minimum atomic E-state index is -0.402. The second kappa shape index (κ2) is 7.32. The summed E-state index contributed by atoms with van der Waals surface area (Å²) in [5, 5.41) is 17.5. The van der Waals surface area contributed by atoms with E-state index >= 15 is 0 Å². The second-order valence-corrected chi connectivity index (χ2v) is 11.3. The normalized spacial score (nSPS) is 12.8. The van der Waals surface area contributed by atoms with Gasteiger partial charge in [-0.05, 0) is 78.4 Å². The molecule has 1 aliphatic heterocycles. The summed E-state index contributed by atoms with van der Waals surface area (Å²) in [4.78, 5) is 2.67. The zero-order valence-corrected chi connectivity index (χ0v) is 21.1. The van der Waals surface area contributed by atoms with Gasteiger partial charge in [-0.3, -0.25) is 0 Å². The molecule has 166 valence electrons. The minimum Gasteiger partial charge on any atom is -0.200 e. The van der Waals surface area contributed by atoms with Crippen LogP contribution in [-0.4, -0.2) is 0 Å². The van der Waals surface area contributed by atoms with Crippen LogP contribution in [0.15, 0.2) is 70.6 Å². The predicted molar refractivity (Wildman–Crippen MR) is 142 cm³/mol. The number of hydrogen-bond donors (Lipinski definition) is 0. The molecule has 0 fully saturated rings. The Bertz CT molecular complexity index is 1720. The highest BCUT2D eigenvalue weighted by atomic mass is 32.2. The highest BCUT2D eigenvalue weighted by molar-refractivity contribution is 8.00. The number of pyridine rings is 1. The van der Waals surface area contributed by atoms with Gasteiger partial charge in [0.1, 0.15) is 7.05 Å². The van der Waals surface area contributed by atoms with Crippen LogP contribution in [0.4, 0.5) is 0 Å². The lowest BCUT2D eigenvalue weighted by Crippen LogP contribution is -2.32. The molecule has 0 amide bonds. The maximum absolute atomic E-state index is 9.67. The molecule has 1 aliphatic rings. The summed E-state index contributed by atoms with van der Waals surface area (Å²) in [7, 11) is 2.17. The molecule has 0 atom stereocenters. The molecule has 6 rings (SSSR count). The molecule has 1 aromatic heterocycles. The first-order valence-corrected chi connectivity index (χ1v) is 12.6. The number of aromatic nitrogens is 1. The second-order valence-electron chi connectivity index (χ2n) is 10.2. The SMILES string of the molecule is Cc1c2c(c(C)c3ccccc13)-c1c3c(cc4c(CC(C)(C)C#N)cccc4c3cc[n+]1C)S2. The number of nitrogens with zero attached hydrogens (tertiary/aromatic N) is 2. The number of fused-ring (bicyclic) bond motifs is 5. The van der Waals surface area contributed by atoms with Gasteiger partial charge in [-0.25, -0.2) is 4.57 Å². The molecule has 0 bridgehead atoms. The maximum Gasteiger partial charge on any atom is 0.222 e. The number of rotatable bonds is 2. The van der Waals surface area contributed by atoms with Crippen molar-refractivity contribution in [1.82, 2.24) is 0 Å². The van der Waals surface area contributed by atoms with Crippen LogP contribution in [0.25, 0.3) is 43.6 Å². The zero-order chi connectivity index (χ0) is 23.8. The molecule has 2 heterocycles. The fraction of sp³-hybridized carbons (Fsp3) is 0.226. The van der Waals surface area contributed by atoms with Crippen molar-refractivity contribution >= 4 is 44.1 Å². The van der Waals surface area contributed by atoms with E-state index in [0.717, 1.165) is 6.42 Å². The van der Waals surface area contributed by atoms with Crippen molar-refractivity contribution in [2.75, 3.05) is 0 Å². The summed E-state index contributed by atoms with van der Waals surface area (Å²) in [5.41, 5.74) is 6.21. The summed E-state index contributed by atoms with van der Waals surface area (Å²) in [6.07, 6.45) is 2.94. The molecule has 3 heteroatoms. The van der Waals surface area contributed by atoms with E-state index in [2.05, 4.69) is 92.3 Å². The average molecular weight is 460 g/mol. The van der Waals surface area contributed by atoms with E-state index in [4.69, 9.17) is 0 Å². The van der Waals surface area contributed by atoms with E-state index < -0.39 is 5.41 Å². The van der Waals surface area contributed by atoms with Gasteiger partial charge in [-0.2, -0.15) is 5.26 Å². The molecule has 0 radical (unpaired) electrons. The Morgan fingerprint density at radius 1 is 0.882 bits per heavy atom. The summed E-state index contributed by atoms with van der Waals surface area (Å²) < 4.78 is 2.29. The van der Waals surface area contributed by atoms with Crippen molar-refractivity contribution in [2.45, 2.75) is 43.9 Å². The molecule has 0 aliphatic carbocycles. The largest absolute Gasteiger partial charge is 0.222 e. The highest BCUT2D eigenvalue weighted by Gasteiger charge is 2.32. The first-order chi connectivity index (χ1) is 16.3. The molecule has 4 aromatic carbocycles. The third-order valence-electron chi connectivity index (χ3n) is 7.39. The zero-order valence-electron chi connectivity index (χ0n) is 20.3. The van der Waals surface area contributed by atoms with Gasteiger partial charge in [-0.1, -0.05) is 54.2 Å². The summed E-state index contributed by atoms with van der Waals surface area (Å²) in [5.74, 6) is 0. The van der Waals surface area contributed by atoms with Gasteiger partial charge in [0, 0.05) is 21.2 Å². The predicted octanol–water partition coefficient (Wildman–Crippen LogP) is 7.81. The average Bonchev–Trinajstić information content (AvgIpc) is 2.84. The van der Waals surface area contributed by atoms with Crippen molar-refractivity contribution < 1.29 is 4.57 Å². The Kier molecular flexibility index (Phi) is 4.57. The number of aryl methyl sites for hydroxylation is 3. The Balaban J connectivity index is 1.75. The van der Waals surface area contributed by atoms with E-state index in [1.807, 2.05) is 25.6 Å². The summed E-state index contributed by atoms with van der Waals surface area (Å²) in [6, 6.07) is 22.5. The van der Waals surface area contributed by atoms with Gasteiger partial charge < -0.3 is 0 Å². The smallest absolute Gasteiger partial charge is 0.200 e. The number of nitriles is 1. The fourth-order valence-electron chi connectivity index (χ4n) is 5.67. The van der Waals surface area contributed by atoms with Gasteiger partial charge in [0.15, 0.2) is 6.20 Å². The topological polar surface area (TPSA) is 27.7 Å². The molecular weight excluding hydrogens is 432 g/mol. The van der Waals surface area contributed by atoms with E-state index in [9.17, 15) is 5.26 Å². The van der Waals surface area contributed by atoms with Crippen LogP contribution in [0.1, 0.15) is 30.5 Å². The number of hydrogen-bond acceptors (Lipinski definition) is 2. The molecule has 5 aromatic rings. The van der Waals surface area contributed by atoms with Gasteiger partial charge in [-0.15, -0.1) is 0 Å². The van der Waals surface area contributed by atoms with Crippen molar-refractivity contribution in [3.05, 3.63) is 77.5 Å². The fourth-order valence-corrected chi connectivity index (χ4v) is 6.99. The minimum absolute atomic E-state index is 0.402. The molecular formula is C31H27N2S+. The quantitative estimate of drug-likeness (QED) is 0.195. The van der Waals surface area contributed by atoms with Crippen LogP contribution >= 0.6 is 11.8 Å². The Hall–Kier alpha value is -3.35. The molecule has 0 N–H and O–H groups in total. The summed E-state index contributed by atoms with van der Waals surface area (Å²) >= 11 is 1.91. The van der Waals surface area contributed by atoms with Crippen LogP contribution in [0.3, 0.4) is 0 Å². The monoisotopic (exact) mass is 459 g/mol. The molecule has 0 unspecified atom stereocenters. The van der Waals surface area contributed by atoms with Crippen LogP contribution in [0.2, 0.25) is 0 Å². The van der Waals surface area contributed by atoms with Gasteiger partial charge in [0.2, 0.25) is 5.69 Å². The molecule has 2 nitrogen and oxygen atoms in total. The Morgan fingerprint density at radius 3 is 2.32 bits per heavy atom. The van der Waals surface area contributed by atoms with Gasteiger partial charge in [0.25, 0.3) is 0 Å². The Morgan fingerprint density at radius 2 is 1.59 bits per heavy atom. The molecule has 0 saturated carbocycles. The summed E-state index contributed by atoms with van der Waals surface area (Å²) in [6.45, 7) is 8.59. The lowest BCUT2D eigenvalue weighted by Gasteiger charge is -2.24. The standard InChI is InChI=1S/C31H27N2S/c1-18-21-10-6-7-11-22(21)19(2)30-27(18)29-28-24(13-14-33(29)5)23-12-8-9-20(16-31(3,4)17-32)25(23)15-26(28)34-30/h6-15H,16H2,1-5H3/q+1. The molecule has 34 heavy (non-hydrogen) atoms. The van der Waals surface area contributed by atoms with Crippen molar-refractivity contribution in [3.8, 4) is 17.3 Å². The first-order valence-electron chi connectivity index (χ1n) is 11.8. The van der Waals surface area contributed by atoms with E-state index in [0.29, 0.717) is 0 Å². The Labute approximate surface area is 204 Å². The van der Waals surface area contributed by atoms with Crippen molar-refractivity contribution in [1.29, 1.82) is 5.26 Å². The number of benzene rings is 4. The van der Waals surface area contributed by atoms with Crippen LogP contribution in [0.5, 0.6) is 0 Å². The highest BCUT2D eigenvalue weighted by Crippen LogP contribution is 2.52. The van der Waals surface area contributed by atoms with Crippen molar-refractivity contribution in [3.63, 3.8) is 0 Å². The van der Waals surface area contributed by atoms with Gasteiger partial charge in [0.05, 0.1) is 22.4 Å². The third-order valence-corrected chi connectivity index (χ3v) is 8.65. The van der Waals surface area contributed by atoms with Crippen LogP contribution in [0, 0.1) is 30.6 Å². The lowest BCUT2D eigenvalue weighted by molar-refractivity contribution is -0.659.